The van der Waals surface area contributed by atoms with Gasteiger partial charge >= 0.3 is 5.97 Å². The van der Waals surface area contributed by atoms with Crippen LogP contribution < -0.4 is 0 Å². The van der Waals surface area contributed by atoms with Crippen LogP contribution in [0.15, 0.2) is 12.2 Å². The average Bonchev–Trinajstić information content (AvgIpc) is 3.29. The summed E-state index contributed by atoms with van der Waals surface area (Å²) in [6.07, 6.45) is 6.22. The van der Waals surface area contributed by atoms with E-state index in [-0.39, 0.29) is 29.1 Å². The molecule has 1 heterocycles. The Morgan fingerprint density at radius 3 is 2.62 bits per heavy atom. The summed E-state index contributed by atoms with van der Waals surface area (Å²) in [4.78, 5) is 25.3. The van der Waals surface area contributed by atoms with Gasteiger partial charge in [-0.2, -0.15) is 0 Å². The van der Waals surface area contributed by atoms with Crippen molar-refractivity contribution in [3.05, 3.63) is 12.2 Å². The van der Waals surface area contributed by atoms with Crippen LogP contribution in [0.2, 0.25) is 0 Å². The van der Waals surface area contributed by atoms with Crippen molar-refractivity contribution >= 4 is 11.8 Å². The molecule has 0 radical (unpaired) electrons. The molecule has 5 aliphatic carbocycles. The zero-order valence-corrected chi connectivity index (χ0v) is 14.6. The van der Waals surface area contributed by atoms with Gasteiger partial charge in [-0.25, -0.2) is 0 Å². The molecule has 4 heteroatoms. The van der Waals surface area contributed by atoms with Crippen molar-refractivity contribution in [1.29, 1.82) is 0 Å². The minimum absolute atomic E-state index is 0.0901. The highest BCUT2D eigenvalue weighted by molar-refractivity contribution is 6.04. The van der Waals surface area contributed by atoms with Crippen molar-refractivity contribution in [2.24, 2.45) is 28.1 Å². The van der Waals surface area contributed by atoms with Gasteiger partial charge < -0.3 is 9.84 Å². The summed E-state index contributed by atoms with van der Waals surface area (Å²) in [5, 5.41) is 9.95. The number of Topliss-reactive ketones (excluding diaryl/α,β-unsaturated/α-hetero) is 1. The van der Waals surface area contributed by atoms with Crippen LogP contribution in [0.5, 0.6) is 0 Å². The van der Waals surface area contributed by atoms with Gasteiger partial charge in [0.2, 0.25) is 0 Å². The maximum Gasteiger partial charge on any atom is 0.309 e. The molecule has 7 unspecified atom stereocenters. The Balaban J connectivity index is 1.68. The summed E-state index contributed by atoms with van der Waals surface area (Å²) in [6.45, 7) is 8.25. The Bertz CT molecular complexity index is 698. The molecule has 4 nitrogen and oxygen atoms in total. The third-order valence-corrected chi connectivity index (χ3v) is 8.92. The molecule has 6 aliphatic rings. The van der Waals surface area contributed by atoms with Crippen molar-refractivity contribution in [2.75, 3.05) is 0 Å². The van der Waals surface area contributed by atoms with Gasteiger partial charge in [-0.15, -0.1) is 0 Å². The molecule has 1 saturated heterocycles. The van der Waals surface area contributed by atoms with Gasteiger partial charge in [0.25, 0.3) is 0 Å². The van der Waals surface area contributed by atoms with E-state index in [1.807, 2.05) is 6.92 Å². The predicted molar refractivity (Wildman–Crippen MR) is 87.3 cm³/mol. The van der Waals surface area contributed by atoms with Crippen LogP contribution in [0.4, 0.5) is 0 Å². The second kappa shape index (κ2) is 3.98. The zero-order chi connectivity index (χ0) is 17.1. The molecule has 24 heavy (non-hydrogen) atoms. The van der Waals surface area contributed by atoms with Gasteiger partial charge in [0.05, 0.1) is 16.9 Å². The lowest BCUT2D eigenvalue weighted by Gasteiger charge is -2.64. The minimum atomic E-state index is -0.698. The molecule has 2 bridgehead atoms. The summed E-state index contributed by atoms with van der Waals surface area (Å²) in [5.74, 6) is -0.199. The number of epoxide rings is 1. The molecule has 6 fully saturated rings. The van der Waals surface area contributed by atoms with Crippen LogP contribution in [0.1, 0.15) is 58.8 Å². The third kappa shape index (κ3) is 1.22. The maximum absolute atomic E-state index is 13.2. The molecule has 2 spiro atoms. The fourth-order valence-electron chi connectivity index (χ4n) is 7.80. The van der Waals surface area contributed by atoms with E-state index in [9.17, 15) is 14.7 Å². The molecular formula is C20H26O4. The van der Waals surface area contributed by atoms with Crippen molar-refractivity contribution in [2.45, 2.75) is 70.5 Å². The number of fused-ring (bicyclic) bond motifs is 3. The van der Waals surface area contributed by atoms with Crippen LogP contribution in [0, 0.1) is 28.1 Å². The molecule has 6 rings (SSSR count). The van der Waals surface area contributed by atoms with Crippen molar-refractivity contribution in [1.82, 2.24) is 0 Å². The second-order valence-corrected chi connectivity index (χ2v) is 9.44. The number of aliphatic carboxylic acids is 1. The van der Waals surface area contributed by atoms with Gasteiger partial charge in [-0.3, -0.25) is 9.59 Å². The Morgan fingerprint density at radius 1 is 1.21 bits per heavy atom. The average molecular weight is 330 g/mol. The van der Waals surface area contributed by atoms with Crippen LogP contribution in [-0.2, 0) is 14.3 Å². The molecule has 0 aromatic carbocycles. The normalized spacial score (nSPS) is 57.8. The van der Waals surface area contributed by atoms with E-state index in [0.29, 0.717) is 0 Å². The van der Waals surface area contributed by atoms with Gasteiger partial charge in [0.1, 0.15) is 5.60 Å². The van der Waals surface area contributed by atoms with Crippen molar-refractivity contribution in [3.8, 4) is 0 Å². The first-order valence-electron chi connectivity index (χ1n) is 9.39. The molecule has 0 aromatic heterocycles. The quantitative estimate of drug-likeness (QED) is 0.591. The Kier molecular flexibility index (Phi) is 2.51. The largest absolute Gasteiger partial charge is 0.481 e. The number of hydrogen-bond acceptors (Lipinski definition) is 3. The highest BCUT2D eigenvalue weighted by Gasteiger charge is 2.87. The molecule has 1 N–H and O–H groups in total. The number of carboxylic acid groups (broad SMARTS) is 1. The standard InChI is InChI=1S/C20H26O4/c1-11-12-5-9-19(14(11)21)10-6-13-17(2,16(22)23)7-4-8-18(13,3)20(19)15(12)24-20/h12-13,15H,1,4-10H2,2-3H3,(H,22,23). The fourth-order valence-corrected chi connectivity index (χ4v) is 7.80. The summed E-state index contributed by atoms with van der Waals surface area (Å²) in [6, 6.07) is 0. The number of carbonyl (C=O) groups excluding carboxylic acids is 1. The van der Waals surface area contributed by atoms with Gasteiger partial charge in [-0.05, 0) is 56.9 Å². The predicted octanol–water partition coefficient (Wildman–Crippen LogP) is 3.35. The molecule has 130 valence electrons. The van der Waals surface area contributed by atoms with Gasteiger partial charge in [0.15, 0.2) is 5.78 Å². The second-order valence-electron chi connectivity index (χ2n) is 9.44. The third-order valence-electron chi connectivity index (χ3n) is 8.92. The molecule has 0 amide bonds. The zero-order valence-electron chi connectivity index (χ0n) is 14.6. The molecular weight excluding hydrogens is 304 g/mol. The summed E-state index contributed by atoms with van der Waals surface area (Å²) >= 11 is 0. The molecule has 5 saturated carbocycles. The number of carboxylic acids is 1. The lowest BCUT2D eigenvalue weighted by atomic mass is 9.36. The topological polar surface area (TPSA) is 66.9 Å². The van der Waals surface area contributed by atoms with E-state index in [4.69, 9.17) is 4.74 Å². The fraction of sp³-hybridized carbons (Fsp3) is 0.800. The maximum atomic E-state index is 13.2. The van der Waals surface area contributed by atoms with Crippen molar-refractivity contribution in [3.63, 3.8) is 0 Å². The van der Waals surface area contributed by atoms with Crippen LogP contribution in [0.25, 0.3) is 0 Å². The monoisotopic (exact) mass is 330 g/mol. The molecule has 1 aliphatic heterocycles. The number of rotatable bonds is 1. The minimum Gasteiger partial charge on any atom is -0.481 e. The SMILES string of the molecule is C=C1C(=O)C23CCC1C1OC12C1(C)CCCC(C)(C(=O)O)C1CC3. The number of carbonyl (C=O) groups is 2. The van der Waals surface area contributed by atoms with Crippen molar-refractivity contribution < 1.29 is 19.4 Å². The lowest BCUT2D eigenvalue weighted by molar-refractivity contribution is -0.189. The van der Waals surface area contributed by atoms with E-state index in [0.717, 1.165) is 50.5 Å². The van der Waals surface area contributed by atoms with Gasteiger partial charge in [0, 0.05) is 11.3 Å². The summed E-state index contributed by atoms with van der Waals surface area (Å²) < 4.78 is 6.46. The first-order chi connectivity index (χ1) is 11.2. The van der Waals surface area contributed by atoms with E-state index in [1.165, 1.54) is 0 Å². The van der Waals surface area contributed by atoms with Gasteiger partial charge in [-0.1, -0.05) is 19.9 Å². The molecule has 7 atom stereocenters. The van der Waals surface area contributed by atoms with Crippen LogP contribution in [0.3, 0.4) is 0 Å². The van der Waals surface area contributed by atoms with E-state index in [2.05, 4.69) is 13.5 Å². The highest BCUT2D eigenvalue weighted by atomic mass is 16.6. The summed E-state index contributed by atoms with van der Waals surface area (Å²) in [5.41, 5.74) is -0.974. The lowest BCUT2D eigenvalue weighted by Crippen LogP contribution is -2.69. The number of hydrogen-bond donors (Lipinski definition) is 1. The Morgan fingerprint density at radius 2 is 1.92 bits per heavy atom. The highest BCUT2D eigenvalue weighted by Crippen LogP contribution is 2.80. The molecule has 0 aromatic rings. The first kappa shape index (κ1) is 15.1. The Hall–Kier alpha value is -1.16. The van der Waals surface area contributed by atoms with Crippen LogP contribution >= 0.6 is 0 Å². The first-order valence-corrected chi connectivity index (χ1v) is 9.39. The van der Waals surface area contributed by atoms with E-state index in [1.54, 1.807) is 0 Å². The van der Waals surface area contributed by atoms with E-state index >= 15 is 0 Å². The summed E-state index contributed by atoms with van der Waals surface area (Å²) in [7, 11) is 0. The number of ketones is 1. The number of ether oxygens (including phenoxy) is 1. The van der Waals surface area contributed by atoms with Crippen LogP contribution in [-0.4, -0.2) is 28.6 Å². The van der Waals surface area contributed by atoms with E-state index < -0.39 is 22.4 Å². The smallest absolute Gasteiger partial charge is 0.309 e. The Labute approximate surface area is 142 Å².